The minimum Gasteiger partial charge on any atom is -0.311 e. The van der Waals surface area contributed by atoms with Gasteiger partial charge in [-0.3, -0.25) is 0 Å². The maximum absolute atomic E-state index is 2.42. The van der Waals surface area contributed by atoms with Gasteiger partial charge in [0.1, 0.15) is 0 Å². The fourth-order valence-corrected chi connectivity index (χ4v) is 16.0. The van der Waals surface area contributed by atoms with Crippen molar-refractivity contribution in [3.8, 4) is 44.5 Å². The summed E-state index contributed by atoms with van der Waals surface area (Å²) >= 11 is 0. The van der Waals surface area contributed by atoms with Crippen molar-refractivity contribution < 1.29 is 0 Å². The molecule has 0 aliphatic heterocycles. The van der Waals surface area contributed by atoms with Crippen LogP contribution >= 0.6 is 0 Å². The second kappa shape index (κ2) is 23.1. The minimum atomic E-state index is -0.480. The van der Waals surface area contributed by atoms with Crippen LogP contribution in [-0.2, 0) is 10.8 Å². The molecule has 0 heterocycles. The lowest BCUT2D eigenvalue weighted by Gasteiger charge is -2.34. The zero-order valence-corrected chi connectivity index (χ0v) is 52.5. The molecule has 0 spiro atoms. The van der Waals surface area contributed by atoms with Crippen LogP contribution in [0.15, 0.2) is 364 Å². The van der Waals surface area contributed by atoms with Crippen molar-refractivity contribution in [3.05, 3.63) is 414 Å². The zero-order valence-electron chi connectivity index (χ0n) is 52.5. The third-order valence-electron chi connectivity index (χ3n) is 20.2. The van der Waals surface area contributed by atoms with Gasteiger partial charge < -0.3 is 9.80 Å². The summed E-state index contributed by atoms with van der Waals surface area (Å²) in [6.07, 6.45) is 2.22. The highest BCUT2D eigenvalue weighted by molar-refractivity contribution is 6.22. The van der Waals surface area contributed by atoms with E-state index in [4.69, 9.17) is 0 Å². The van der Waals surface area contributed by atoms with Crippen molar-refractivity contribution in [3.63, 3.8) is 0 Å². The summed E-state index contributed by atoms with van der Waals surface area (Å²) in [7, 11) is 0. The highest BCUT2D eigenvalue weighted by Gasteiger charge is 2.47. The Morgan fingerprint density at radius 1 is 0.255 bits per heavy atom. The molecule has 0 radical (unpaired) electrons. The molecule has 17 rings (SSSR count). The predicted molar refractivity (Wildman–Crippen MR) is 396 cm³/mol. The van der Waals surface area contributed by atoms with Gasteiger partial charge in [-0.25, -0.2) is 0 Å². The van der Waals surface area contributed by atoms with Gasteiger partial charge in [-0.1, -0.05) is 285 Å². The third kappa shape index (κ3) is 8.86. The maximum Gasteiger partial charge on any atom is 0.0713 e. The van der Waals surface area contributed by atoms with Gasteiger partial charge >= 0.3 is 0 Å². The van der Waals surface area contributed by atoms with Crippen molar-refractivity contribution in [1.29, 1.82) is 0 Å². The smallest absolute Gasteiger partial charge is 0.0713 e. The number of rotatable bonds is 13. The molecule has 0 amide bonds. The van der Waals surface area contributed by atoms with E-state index in [0.717, 1.165) is 45.3 Å². The Hall–Kier alpha value is -11.8. The number of hydrogen-bond acceptors (Lipinski definition) is 2. The normalized spacial score (nSPS) is 13.2. The molecule has 2 heteroatoms. The van der Waals surface area contributed by atoms with Crippen LogP contribution in [0.1, 0.15) is 63.9 Å². The first-order valence-electron chi connectivity index (χ1n) is 32.8. The molecule has 2 aliphatic carbocycles. The Morgan fingerprint density at radius 3 is 0.894 bits per heavy atom. The molecule has 0 unspecified atom stereocenters. The Morgan fingerprint density at radius 2 is 0.532 bits per heavy atom. The quantitative estimate of drug-likeness (QED) is 0.106. The molecule has 0 saturated carbocycles. The lowest BCUT2D eigenvalue weighted by atomic mass is 9.68. The summed E-state index contributed by atoms with van der Waals surface area (Å²) < 4.78 is 0. The van der Waals surface area contributed by atoms with Crippen molar-refractivity contribution >= 4 is 61.2 Å². The van der Waals surface area contributed by atoms with Crippen LogP contribution < -0.4 is 9.80 Å². The summed E-state index contributed by atoms with van der Waals surface area (Å²) in [6, 6.07) is 133. The van der Waals surface area contributed by atoms with Gasteiger partial charge in [-0.05, 0) is 214 Å². The number of nitrogens with zero attached hydrogens (tertiary/aromatic N) is 2. The van der Waals surface area contributed by atoms with Gasteiger partial charge in [0.2, 0.25) is 0 Å². The molecule has 444 valence electrons. The van der Waals surface area contributed by atoms with E-state index in [1.807, 2.05) is 0 Å². The molecule has 94 heavy (non-hydrogen) atoms. The molecule has 0 aromatic heterocycles. The van der Waals surface area contributed by atoms with Gasteiger partial charge in [0.25, 0.3) is 0 Å². The maximum atomic E-state index is 2.42. The van der Waals surface area contributed by atoms with Crippen molar-refractivity contribution in [1.82, 2.24) is 0 Å². The molecule has 0 N–H and O–H groups in total. The van der Waals surface area contributed by atoms with Crippen LogP contribution in [0.5, 0.6) is 0 Å². The second-order valence-electron chi connectivity index (χ2n) is 25.0. The first-order valence-corrected chi connectivity index (χ1v) is 32.8. The molecule has 2 aliphatic rings. The first kappa shape index (κ1) is 56.2. The molecule has 0 saturated heterocycles. The molecular formula is C92H66N2. The SMILES string of the molecule is C/C=C(\C)c1ccc2c(-c3ccc(N(c4ccccc4)c4ccc(C5(c6ccccc6)c6ccccc6-c6ccccc65)cc4)cc3)c3ccccc3c(-c3ccc(N(c4ccccc4)c4ccc(C5(c6ccccc6)c6ccccc6-c6ccccc65)cc4)cc3)c2c1. The van der Waals surface area contributed by atoms with Crippen LogP contribution in [0.2, 0.25) is 0 Å². The zero-order chi connectivity index (χ0) is 62.7. The van der Waals surface area contributed by atoms with Crippen LogP contribution in [0.3, 0.4) is 0 Å². The average Bonchev–Trinajstić information content (AvgIpc) is 1.53. The number of hydrogen-bond donors (Lipinski definition) is 0. The Balaban J connectivity index is 0.756. The number of fused-ring (bicyclic) bond motifs is 8. The molecule has 0 atom stereocenters. The van der Waals surface area contributed by atoms with Gasteiger partial charge in [0.15, 0.2) is 0 Å². The summed E-state index contributed by atoms with van der Waals surface area (Å²) in [5.41, 5.74) is 28.1. The van der Waals surface area contributed by atoms with E-state index in [1.165, 1.54) is 111 Å². The van der Waals surface area contributed by atoms with Crippen molar-refractivity contribution in [2.75, 3.05) is 9.80 Å². The Labute approximate surface area is 550 Å². The summed E-state index contributed by atoms with van der Waals surface area (Å²) in [4.78, 5) is 4.78. The fraction of sp³-hybridized carbons (Fsp3) is 0.0435. The summed E-state index contributed by atoms with van der Waals surface area (Å²) in [5, 5.41) is 4.85. The van der Waals surface area contributed by atoms with Crippen LogP contribution in [-0.4, -0.2) is 0 Å². The first-order chi connectivity index (χ1) is 46.5. The standard InChI is InChI=1S/C92H66N2/c1-3-63(2)66-48-61-83-84(62-66)90(65-46-55-74(56-47-65)94(72-32-14-7-15-33-72)76-59-51-70(52-60-76)92(68-28-10-5-11-29-68)87-42-24-20-36-79(87)80-37-21-25-43-88(80)92)82-39-17-16-38-81(82)89(83)64-44-53-73(54-45-64)93(71-30-12-6-13-31-71)75-57-49-69(50-58-75)91(67-26-8-4-9-27-67)85-40-22-18-34-77(85)78-35-19-23-41-86(78)91/h3-62H,1-2H3/b63-3+. The lowest BCUT2D eigenvalue weighted by molar-refractivity contribution is 0.768. The van der Waals surface area contributed by atoms with Crippen LogP contribution in [0, 0.1) is 0 Å². The number of anilines is 6. The number of benzene rings is 15. The molecule has 15 aromatic rings. The van der Waals surface area contributed by atoms with Gasteiger partial charge in [-0.15, -0.1) is 0 Å². The second-order valence-corrected chi connectivity index (χ2v) is 25.0. The van der Waals surface area contributed by atoms with Crippen LogP contribution in [0.25, 0.3) is 71.6 Å². The van der Waals surface area contributed by atoms with E-state index >= 15 is 0 Å². The topological polar surface area (TPSA) is 6.48 Å². The highest BCUT2D eigenvalue weighted by Crippen LogP contribution is 2.58. The molecule has 15 aromatic carbocycles. The minimum absolute atomic E-state index is 0.479. The number of para-hydroxylation sites is 2. The average molecular weight is 1200 g/mol. The fourth-order valence-electron chi connectivity index (χ4n) is 16.0. The van der Waals surface area contributed by atoms with E-state index in [0.29, 0.717) is 0 Å². The highest BCUT2D eigenvalue weighted by atomic mass is 15.1. The third-order valence-corrected chi connectivity index (χ3v) is 20.2. The van der Waals surface area contributed by atoms with Crippen LogP contribution in [0.4, 0.5) is 34.1 Å². The summed E-state index contributed by atoms with van der Waals surface area (Å²) in [5.74, 6) is 0. The van der Waals surface area contributed by atoms with Crippen molar-refractivity contribution in [2.24, 2.45) is 0 Å². The van der Waals surface area contributed by atoms with E-state index in [-0.39, 0.29) is 0 Å². The van der Waals surface area contributed by atoms with E-state index in [9.17, 15) is 0 Å². The predicted octanol–water partition coefficient (Wildman–Crippen LogP) is 24.4. The van der Waals surface area contributed by atoms with E-state index in [2.05, 4.69) is 388 Å². The molecule has 0 bridgehead atoms. The molecule has 0 fully saturated rings. The summed E-state index contributed by atoms with van der Waals surface area (Å²) in [6.45, 7) is 4.35. The van der Waals surface area contributed by atoms with Gasteiger partial charge in [-0.2, -0.15) is 0 Å². The van der Waals surface area contributed by atoms with Gasteiger partial charge in [0, 0.05) is 34.1 Å². The molecule has 2 nitrogen and oxygen atoms in total. The molecular weight excluding hydrogens is 1130 g/mol. The van der Waals surface area contributed by atoms with Crippen molar-refractivity contribution in [2.45, 2.75) is 24.7 Å². The largest absolute Gasteiger partial charge is 0.311 e. The van der Waals surface area contributed by atoms with E-state index in [1.54, 1.807) is 0 Å². The lowest BCUT2D eigenvalue weighted by Crippen LogP contribution is -2.28. The van der Waals surface area contributed by atoms with Gasteiger partial charge in [0.05, 0.1) is 10.8 Å². The number of allylic oxidation sites excluding steroid dienone is 2. The Kier molecular flexibility index (Phi) is 13.8. The van der Waals surface area contributed by atoms with E-state index < -0.39 is 10.8 Å². The Bertz CT molecular complexity index is 5250. The monoisotopic (exact) mass is 1200 g/mol.